The predicted octanol–water partition coefficient (Wildman–Crippen LogP) is 4.69. The second-order valence-corrected chi connectivity index (χ2v) is 6.93. The van der Waals surface area contributed by atoms with E-state index in [-0.39, 0.29) is 0 Å². The van der Waals surface area contributed by atoms with Crippen LogP contribution in [0.3, 0.4) is 0 Å². The summed E-state index contributed by atoms with van der Waals surface area (Å²) in [5.41, 5.74) is 2.86. The summed E-state index contributed by atoms with van der Waals surface area (Å²) in [6.45, 7) is 0.626. The molecule has 0 aliphatic heterocycles. The molecule has 0 spiro atoms. The van der Waals surface area contributed by atoms with Crippen molar-refractivity contribution in [3.8, 4) is 5.75 Å². The maximum Gasteiger partial charge on any atom is 0.124 e. The van der Waals surface area contributed by atoms with E-state index >= 15 is 0 Å². The molecule has 0 bridgehead atoms. The van der Waals surface area contributed by atoms with Gasteiger partial charge in [-0.15, -0.1) is 11.3 Å². The number of thiophene rings is 1. The van der Waals surface area contributed by atoms with Crippen molar-refractivity contribution in [2.24, 2.45) is 0 Å². The molecule has 0 fully saturated rings. The maximum absolute atomic E-state index is 5.94. The molecule has 20 heavy (non-hydrogen) atoms. The van der Waals surface area contributed by atoms with Crippen LogP contribution in [-0.2, 0) is 13.0 Å². The van der Waals surface area contributed by atoms with E-state index < -0.39 is 0 Å². The fourth-order valence-electron chi connectivity index (χ4n) is 2.74. The lowest BCUT2D eigenvalue weighted by atomic mass is 9.87. The van der Waals surface area contributed by atoms with Crippen molar-refractivity contribution in [2.45, 2.75) is 31.9 Å². The molecule has 4 heteroatoms. The molecule has 0 saturated heterocycles. The fraction of sp³-hybridized carbons (Fsp3) is 0.375. The van der Waals surface area contributed by atoms with Gasteiger partial charge in [0.05, 0.1) is 4.88 Å². The van der Waals surface area contributed by atoms with Crippen LogP contribution in [-0.4, -0.2) is 7.05 Å². The molecule has 2 aromatic rings. The van der Waals surface area contributed by atoms with E-state index in [9.17, 15) is 0 Å². The second kappa shape index (κ2) is 6.29. The SMILES string of the molecule is CNC1CCCc2ccc(OCc3sccc3Br)cc21. The van der Waals surface area contributed by atoms with Crippen LogP contribution >= 0.6 is 27.3 Å². The van der Waals surface area contributed by atoms with Crippen molar-refractivity contribution in [1.82, 2.24) is 5.32 Å². The number of fused-ring (bicyclic) bond motifs is 1. The van der Waals surface area contributed by atoms with Crippen LogP contribution in [0.15, 0.2) is 34.1 Å². The van der Waals surface area contributed by atoms with Crippen LogP contribution in [0.5, 0.6) is 5.75 Å². The summed E-state index contributed by atoms with van der Waals surface area (Å²) in [5, 5.41) is 5.48. The lowest BCUT2D eigenvalue weighted by Crippen LogP contribution is -2.21. The summed E-state index contributed by atoms with van der Waals surface area (Å²) in [6, 6.07) is 9.05. The summed E-state index contributed by atoms with van der Waals surface area (Å²) in [4.78, 5) is 1.23. The van der Waals surface area contributed by atoms with Gasteiger partial charge in [0.15, 0.2) is 0 Å². The molecule has 1 aromatic heterocycles. The first-order valence-corrected chi connectivity index (χ1v) is 8.60. The highest BCUT2D eigenvalue weighted by molar-refractivity contribution is 9.10. The average Bonchev–Trinajstić information content (AvgIpc) is 2.89. The first-order valence-electron chi connectivity index (χ1n) is 6.92. The van der Waals surface area contributed by atoms with Gasteiger partial charge >= 0.3 is 0 Å². The van der Waals surface area contributed by atoms with Crippen molar-refractivity contribution in [2.75, 3.05) is 7.05 Å². The van der Waals surface area contributed by atoms with Gasteiger partial charge < -0.3 is 10.1 Å². The van der Waals surface area contributed by atoms with Crippen molar-refractivity contribution < 1.29 is 4.74 Å². The van der Waals surface area contributed by atoms with E-state index in [1.54, 1.807) is 11.3 Å². The average molecular weight is 352 g/mol. The Kier molecular flexibility index (Phi) is 4.44. The Labute approximate surface area is 132 Å². The van der Waals surface area contributed by atoms with E-state index in [4.69, 9.17) is 4.74 Å². The third-order valence-corrected chi connectivity index (χ3v) is 5.74. The first-order chi connectivity index (χ1) is 9.78. The fourth-order valence-corrected chi connectivity index (χ4v) is 4.12. The summed E-state index contributed by atoms with van der Waals surface area (Å²) in [6.07, 6.45) is 3.66. The highest BCUT2D eigenvalue weighted by Gasteiger charge is 2.19. The van der Waals surface area contributed by atoms with E-state index in [1.165, 1.54) is 35.3 Å². The third kappa shape index (κ3) is 2.92. The maximum atomic E-state index is 5.94. The van der Waals surface area contributed by atoms with Crippen molar-refractivity contribution >= 4 is 27.3 Å². The zero-order valence-corrected chi connectivity index (χ0v) is 13.9. The van der Waals surface area contributed by atoms with Crippen molar-refractivity contribution in [3.63, 3.8) is 0 Å². The molecule has 1 aromatic carbocycles. The molecule has 1 unspecified atom stereocenters. The number of rotatable bonds is 4. The Bertz CT molecular complexity index is 596. The first kappa shape index (κ1) is 14.1. The normalized spacial score (nSPS) is 17.8. The molecule has 0 radical (unpaired) electrons. The molecular formula is C16H18BrNOS. The van der Waals surface area contributed by atoms with Crippen LogP contribution in [0, 0.1) is 0 Å². The number of aryl methyl sites for hydroxylation is 1. The van der Waals surface area contributed by atoms with E-state index in [1.807, 2.05) is 7.05 Å². The van der Waals surface area contributed by atoms with E-state index in [2.05, 4.69) is 50.9 Å². The number of benzene rings is 1. The number of hydrogen-bond acceptors (Lipinski definition) is 3. The lowest BCUT2D eigenvalue weighted by molar-refractivity contribution is 0.308. The van der Waals surface area contributed by atoms with Gasteiger partial charge in [0, 0.05) is 10.5 Å². The van der Waals surface area contributed by atoms with Gasteiger partial charge in [-0.2, -0.15) is 0 Å². The Morgan fingerprint density at radius 3 is 3.05 bits per heavy atom. The van der Waals surface area contributed by atoms with Crippen LogP contribution < -0.4 is 10.1 Å². The minimum absolute atomic E-state index is 0.468. The number of ether oxygens (including phenoxy) is 1. The third-order valence-electron chi connectivity index (χ3n) is 3.84. The van der Waals surface area contributed by atoms with Crippen LogP contribution in [0.2, 0.25) is 0 Å². The quantitative estimate of drug-likeness (QED) is 0.862. The Balaban J connectivity index is 1.76. The molecule has 1 atom stereocenters. The number of hydrogen-bond donors (Lipinski definition) is 1. The van der Waals surface area contributed by atoms with Crippen LogP contribution in [0.1, 0.15) is 34.9 Å². The molecule has 1 aliphatic carbocycles. The summed E-state index contributed by atoms with van der Waals surface area (Å²) >= 11 is 5.26. The van der Waals surface area contributed by atoms with Crippen molar-refractivity contribution in [1.29, 1.82) is 0 Å². The molecule has 2 nitrogen and oxygen atoms in total. The van der Waals surface area contributed by atoms with Crippen molar-refractivity contribution in [3.05, 3.63) is 50.1 Å². The van der Waals surface area contributed by atoms with Gasteiger partial charge in [-0.25, -0.2) is 0 Å². The van der Waals surface area contributed by atoms with Gasteiger partial charge in [0.25, 0.3) is 0 Å². The van der Waals surface area contributed by atoms with Gasteiger partial charge in [-0.05, 0) is 76.9 Å². The largest absolute Gasteiger partial charge is 0.488 e. The molecule has 106 valence electrons. The van der Waals surface area contributed by atoms with Gasteiger partial charge in [0.2, 0.25) is 0 Å². The Morgan fingerprint density at radius 2 is 2.30 bits per heavy atom. The molecule has 0 amide bonds. The monoisotopic (exact) mass is 351 g/mol. The van der Waals surface area contributed by atoms with Gasteiger partial charge in [-0.3, -0.25) is 0 Å². The second-order valence-electron chi connectivity index (χ2n) is 5.07. The highest BCUT2D eigenvalue weighted by atomic mass is 79.9. The molecule has 3 rings (SSSR count). The minimum Gasteiger partial charge on any atom is -0.488 e. The molecule has 0 saturated carbocycles. The standard InChI is InChI=1S/C16H18BrNOS/c1-18-15-4-2-3-11-5-6-12(9-13(11)15)19-10-16-14(17)7-8-20-16/h5-9,15,18H,2-4,10H2,1H3. The molecular weight excluding hydrogens is 334 g/mol. The van der Waals surface area contributed by atoms with Gasteiger partial charge in [-0.1, -0.05) is 6.07 Å². The lowest BCUT2D eigenvalue weighted by Gasteiger charge is -2.25. The highest BCUT2D eigenvalue weighted by Crippen LogP contribution is 2.33. The minimum atomic E-state index is 0.468. The predicted molar refractivity (Wildman–Crippen MR) is 87.5 cm³/mol. The summed E-state index contributed by atoms with van der Waals surface area (Å²) in [5.74, 6) is 0.964. The van der Waals surface area contributed by atoms with Gasteiger partial charge in [0.1, 0.15) is 12.4 Å². The smallest absolute Gasteiger partial charge is 0.124 e. The number of nitrogens with one attached hydrogen (secondary N) is 1. The molecule has 1 aliphatic rings. The Hall–Kier alpha value is -0.840. The summed E-state index contributed by atoms with van der Waals surface area (Å²) in [7, 11) is 2.04. The summed E-state index contributed by atoms with van der Waals surface area (Å²) < 4.78 is 7.08. The van der Waals surface area contributed by atoms with E-state index in [0.717, 1.165) is 10.2 Å². The van der Waals surface area contributed by atoms with Crippen LogP contribution in [0.25, 0.3) is 0 Å². The zero-order valence-electron chi connectivity index (χ0n) is 11.5. The van der Waals surface area contributed by atoms with Crippen LogP contribution in [0.4, 0.5) is 0 Å². The molecule has 1 heterocycles. The van der Waals surface area contributed by atoms with E-state index in [0.29, 0.717) is 12.6 Å². The Morgan fingerprint density at radius 1 is 1.40 bits per heavy atom. The number of halogens is 1. The topological polar surface area (TPSA) is 21.3 Å². The zero-order chi connectivity index (χ0) is 13.9. The molecule has 1 N–H and O–H groups in total.